The summed E-state index contributed by atoms with van der Waals surface area (Å²) in [4.78, 5) is 16.8. The molecule has 0 radical (unpaired) electrons. The molecule has 0 saturated carbocycles. The lowest BCUT2D eigenvalue weighted by Gasteiger charge is -2.05. The van der Waals surface area contributed by atoms with Crippen molar-refractivity contribution in [1.82, 2.24) is 29.9 Å². The van der Waals surface area contributed by atoms with Crippen LogP contribution in [-0.4, -0.2) is 30.5 Å². The van der Waals surface area contributed by atoms with E-state index in [0.717, 1.165) is 40.1 Å². The van der Waals surface area contributed by atoms with Crippen LogP contribution in [0.25, 0.3) is 17.3 Å². The van der Waals surface area contributed by atoms with E-state index in [2.05, 4.69) is 39.7 Å². The molecule has 0 aliphatic rings. The summed E-state index contributed by atoms with van der Waals surface area (Å²) in [5.74, 6) is -0.163. The van der Waals surface area contributed by atoms with E-state index in [4.69, 9.17) is 5.10 Å². The van der Waals surface area contributed by atoms with E-state index in [1.807, 2.05) is 70.3 Å². The lowest BCUT2D eigenvalue weighted by Crippen LogP contribution is -2.20. The largest absolute Gasteiger partial charge is 0.348 e. The molecule has 0 saturated heterocycles. The third-order valence-corrected chi connectivity index (χ3v) is 5.72. The van der Waals surface area contributed by atoms with Gasteiger partial charge in [0.2, 0.25) is 5.91 Å². The summed E-state index contributed by atoms with van der Waals surface area (Å²) >= 11 is 0. The van der Waals surface area contributed by atoms with Crippen molar-refractivity contribution in [3.63, 3.8) is 0 Å². The zero-order chi connectivity index (χ0) is 24.6. The summed E-state index contributed by atoms with van der Waals surface area (Å²) in [5, 5.41) is 12.0. The van der Waals surface area contributed by atoms with Crippen LogP contribution >= 0.6 is 0 Å². The summed E-state index contributed by atoms with van der Waals surface area (Å²) in [6.45, 7) is 1.82. The molecule has 0 fully saturated rings. The van der Waals surface area contributed by atoms with Crippen LogP contribution in [0.15, 0.2) is 110 Å². The number of nitrogens with zero attached hydrogens (tertiary/aromatic N) is 5. The molecule has 1 N–H and O–H groups in total. The van der Waals surface area contributed by atoms with Crippen LogP contribution in [0.3, 0.4) is 0 Å². The Bertz CT molecular complexity index is 1420. The average Bonchev–Trinajstić information content (AvgIpc) is 3.58. The van der Waals surface area contributed by atoms with Gasteiger partial charge in [-0.15, -0.1) is 0 Å². The number of pyridine rings is 1. The van der Waals surface area contributed by atoms with E-state index in [1.54, 1.807) is 30.7 Å². The van der Waals surface area contributed by atoms with Crippen molar-refractivity contribution >= 4 is 12.0 Å². The quantitative estimate of drug-likeness (QED) is 0.318. The molecular weight excluding hydrogens is 448 g/mol. The number of carbonyl (C=O) groups excluding carboxylic acids is 1. The first-order valence-electron chi connectivity index (χ1n) is 11.8. The van der Waals surface area contributed by atoms with Crippen LogP contribution < -0.4 is 5.32 Å². The van der Waals surface area contributed by atoms with Gasteiger partial charge < -0.3 is 5.32 Å². The molecule has 3 aromatic heterocycles. The van der Waals surface area contributed by atoms with Crippen molar-refractivity contribution in [2.45, 2.75) is 19.6 Å². The van der Waals surface area contributed by atoms with Crippen molar-refractivity contribution < 1.29 is 4.79 Å². The van der Waals surface area contributed by atoms with Crippen molar-refractivity contribution in [1.29, 1.82) is 0 Å². The van der Waals surface area contributed by atoms with Gasteiger partial charge in [-0.25, -0.2) is 0 Å². The Balaban J connectivity index is 1.24. The number of rotatable bonds is 9. The van der Waals surface area contributed by atoms with Gasteiger partial charge >= 0.3 is 0 Å². The highest BCUT2D eigenvalue weighted by Gasteiger charge is 2.10. The van der Waals surface area contributed by atoms with Crippen LogP contribution in [0.1, 0.15) is 22.3 Å². The molecule has 5 rings (SSSR count). The van der Waals surface area contributed by atoms with Gasteiger partial charge in [0, 0.05) is 54.7 Å². The third-order valence-electron chi connectivity index (χ3n) is 5.72. The lowest BCUT2D eigenvalue weighted by molar-refractivity contribution is -0.116. The maximum absolute atomic E-state index is 12.6. The van der Waals surface area contributed by atoms with Gasteiger partial charge in [-0.3, -0.25) is 19.1 Å². The minimum absolute atomic E-state index is 0.163. The minimum Gasteiger partial charge on any atom is -0.348 e. The fourth-order valence-corrected chi connectivity index (χ4v) is 3.89. The molecule has 7 nitrogen and oxygen atoms in total. The number of nitrogens with one attached hydrogen (secondary N) is 1. The zero-order valence-electron chi connectivity index (χ0n) is 19.7. The van der Waals surface area contributed by atoms with Gasteiger partial charge in [0.15, 0.2) is 0 Å². The van der Waals surface area contributed by atoms with Gasteiger partial charge in [-0.05, 0) is 41.0 Å². The number of amides is 1. The van der Waals surface area contributed by atoms with Crippen LogP contribution in [0.4, 0.5) is 0 Å². The SMILES string of the molecule is O=C(C=Cc1cn(Cc2ccccc2)nc1-c1cccnc1)NCc1ccc(Cn2cccn2)cc1. The van der Waals surface area contributed by atoms with Crippen LogP contribution in [-0.2, 0) is 24.4 Å². The van der Waals surface area contributed by atoms with Gasteiger partial charge in [0.05, 0.1) is 13.1 Å². The third kappa shape index (κ3) is 6.01. The standard InChI is InChI=1S/C29H26N6O/c36-28(31-18-23-9-11-25(12-10-23)20-34-17-5-16-32-34)14-13-27-22-35(21-24-6-2-1-3-7-24)33-29(27)26-8-4-15-30-19-26/h1-17,19,22H,18,20-21H2,(H,31,36). The highest BCUT2D eigenvalue weighted by molar-refractivity contribution is 5.92. The van der Waals surface area contributed by atoms with E-state index >= 15 is 0 Å². The monoisotopic (exact) mass is 474 g/mol. The molecule has 2 aromatic carbocycles. The Morgan fingerprint density at radius 2 is 1.61 bits per heavy atom. The van der Waals surface area contributed by atoms with E-state index in [9.17, 15) is 4.79 Å². The number of hydrogen-bond acceptors (Lipinski definition) is 4. The van der Waals surface area contributed by atoms with Gasteiger partial charge in [-0.2, -0.15) is 10.2 Å². The van der Waals surface area contributed by atoms with Gasteiger partial charge in [0.1, 0.15) is 5.69 Å². The molecule has 0 atom stereocenters. The highest BCUT2D eigenvalue weighted by atomic mass is 16.1. The molecule has 0 bridgehead atoms. The van der Waals surface area contributed by atoms with Crippen molar-refractivity contribution in [3.05, 3.63) is 132 Å². The average molecular weight is 475 g/mol. The molecule has 3 heterocycles. The van der Waals surface area contributed by atoms with Crippen molar-refractivity contribution in [3.8, 4) is 11.3 Å². The number of benzene rings is 2. The fourth-order valence-electron chi connectivity index (χ4n) is 3.89. The first-order valence-corrected chi connectivity index (χ1v) is 11.8. The summed E-state index contributed by atoms with van der Waals surface area (Å²) in [7, 11) is 0. The van der Waals surface area contributed by atoms with Crippen LogP contribution in [0.2, 0.25) is 0 Å². The molecular formula is C29H26N6O. The number of hydrogen-bond donors (Lipinski definition) is 1. The van der Waals surface area contributed by atoms with E-state index in [1.165, 1.54) is 0 Å². The second-order valence-corrected chi connectivity index (χ2v) is 8.43. The first kappa shape index (κ1) is 23.0. The van der Waals surface area contributed by atoms with Crippen molar-refractivity contribution in [2.75, 3.05) is 0 Å². The Hall–Kier alpha value is -4.78. The van der Waals surface area contributed by atoms with Crippen LogP contribution in [0, 0.1) is 0 Å². The highest BCUT2D eigenvalue weighted by Crippen LogP contribution is 2.23. The predicted molar refractivity (Wildman–Crippen MR) is 140 cm³/mol. The Morgan fingerprint density at radius 3 is 2.36 bits per heavy atom. The molecule has 5 aromatic rings. The maximum Gasteiger partial charge on any atom is 0.244 e. The normalized spacial score (nSPS) is 11.1. The maximum atomic E-state index is 12.6. The molecule has 0 spiro atoms. The van der Waals surface area contributed by atoms with Crippen LogP contribution in [0.5, 0.6) is 0 Å². The fraction of sp³-hybridized carbons (Fsp3) is 0.103. The second kappa shape index (κ2) is 11.1. The van der Waals surface area contributed by atoms with Gasteiger partial charge in [-0.1, -0.05) is 54.6 Å². The zero-order valence-corrected chi connectivity index (χ0v) is 19.7. The summed E-state index contributed by atoms with van der Waals surface area (Å²) in [6, 6.07) is 24.1. The molecule has 0 aliphatic carbocycles. The smallest absolute Gasteiger partial charge is 0.244 e. The Kier molecular flexibility index (Phi) is 7.09. The summed E-state index contributed by atoms with van der Waals surface area (Å²) in [6.07, 6.45) is 12.5. The summed E-state index contributed by atoms with van der Waals surface area (Å²) in [5.41, 5.74) is 5.89. The van der Waals surface area contributed by atoms with E-state index in [-0.39, 0.29) is 5.91 Å². The topological polar surface area (TPSA) is 77.6 Å². The number of aromatic nitrogens is 5. The number of carbonyl (C=O) groups is 1. The molecule has 178 valence electrons. The minimum atomic E-state index is -0.163. The van der Waals surface area contributed by atoms with Crippen molar-refractivity contribution in [2.24, 2.45) is 0 Å². The Morgan fingerprint density at radius 1 is 0.833 bits per heavy atom. The Labute approximate surface area is 209 Å². The summed E-state index contributed by atoms with van der Waals surface area (Å²) < 4.78 is 3.77. The molecule has 1 amide bonds. The molecule has 36 heavy (non-hydrogen) atoms. The van der Waals surface area contributed by atoms with E-state index < -0.39 is 0 Å². The second-order valence-electron chi connectivity index (χ2n) is 8.43. The molecule has 0 unspecified atom stereocenters. The molecule has 7 heteroatoms. The first-order chi connectivity index (χ1) is 17.7. The molecule has 0 aliphatic heterocycles. The predicted octanol–water partition coefficient (Wildman–Crippen LogP) is 4.57. The van der Waals surface area contributed by atoms with Gasteiger partial charge in [0.25, 0.3) is 0 Å². The lowest BCUT2D eigenvalue weighted by atomic mass is 10.1. The van der Waals surface area contributed by atoms with E-state index in [0.29, 0.717) is 13.1 Å².